The van der Waals surface area contributed by atoms with Gasteiger partial charge >= 0.3 is 0 Å². The average Bonchev–Trinajstić information content (AvgIpc) is 3.34. The number of amides is 1. The second-order valence-corrected chi connectivity index (χ2v) is 10.4. The Bertz CT molecular complexity index is 1320. The molecule has 0 saturated carbocycles. The van der Waals surface area contributed by atoms with Gasteiger partial charge in [0.15, 0.2) is 16.3 Å². The number of fused-ring (bicyclic) bond motifs is 2. The Kier molecular flexibility index (Phi) is 5.63. The van der Waals surface area contributed by atoms with E-state index in [4.69, 9.17) is 9.47 Å². The number of nitrogens with zero attached hydrogens (tertiary/aromatic N) is 3. The maximum atomic E-state index is 12.8. The van der Waals surface area contributed by atoms with Gasteiger partial charge in [-0.3, -0.25) is 4.79 Å². The fourth-order valence-corrected chi connectivity index (χ4v) is 5.69. The minimum absolute atomic E-state index is 0.139. The first-order chi connectivity index (χ1) is 14.7. The molecule has 1 aliphatic heterocycles. The van der Waals surface area contributed by atoms with Crippen LogP contribution >= 0.6 is 11.3 Å². The molecule has 0 unspecified atom stereocenters. The molecule has 4 rings (SSSR count). The molecule has 0 radical (unpaired) electrons. The summed E-state index contributed by atoms with van der Waals surface area (Å²) in [5, 5.41) is 0. The highest BCUT2D eigenvalue weighted by atomic mass is 32.2. The molecule has 8 nitrogen and oxygen atoms in total. The van der Waals surface area contributed by atoms with Crippen LogP contribution in [0.1, 0.15) is 31.1 Å². The van der Waals surface area contributed by atoms with E-state index in [0.717, 1.165) is 10.2 Å². The minimum atomic E-state index is -3.61. The molecular weight excluding hydrogens is 438 g/mol. The van der Waals surface area contributed by atoms with Crippen molar-refractivity contribution in [2.45, 2.75) is 38.3 Å². The van der Waals surface area contributed by atoms with E-state index in [0.29, 0.717) is 28.4 Å². The summed E-state index contributed by atoms with van der Waals surface area (Å²) in [7, 11) is -2.07. The van der Waals surface area contributed by atoms with Gasteiger partial charge in [0.05, 0.1) is 15.1 Å². The van der Waals surface area contributed by atoms with Crippen LogP contribution in [0.2, 0.25) is 0 Å². The zero-order valence-corrected chi connectivity index (χ0v) is 19.3. The number of carbonyl (C=O) groups is 1. The van der Waals surface area contributed by atoms with E-state index >= 15 is 0 Å². The van der Waals surface area contributed by atoms with Gasteiger partial charge in [-0.1, -0.05) is 11.3 Å². The molecule has 2 aromatic carbocycles. The maximum Gasteiger partial charge on any atom is 0.279 e. The van der Waals surface area contributed by atoms with Gasteiger partial charge in [-0.2, -0.15) is 9.30 Å². The third-order valence-electron chi connectivity index (χ3n) is 5.20. The molecule has 0 spiro atoms. The Morgan fingerprint density at radius 1 is 1.19 bits per heavy atom. The van der Waals surface area contributed by atoms with Gasteiger partial charge in [0.25, 0.3) is 5.91 Å². The summed E-state index contributed by atoms with van der Waals surface area (Å²) in [6.07, 6.45) is 0. The molecule has 31 heavy (non-hydrogen) atoms. The summed E-state index contributed by atoms with van der Waals surface area (Å²) in [4.78, 5) is 17.8. The first-order valence-corrected chi connectivity index (χ1v) is 12.1. The van der Waals surface area contributed by atoms with Gasteiger partial charge < -0.3 is 14.0 Å². The monoisotopic (exact) mass is 461 g/mol. The van der Waals surface area contributed by atoms with E-state index in [2.05, 4.69) is 4.99 Å². The van der Waals surface area contributed by atoms with E-state index in [-0.39, 0.29) is 17.7 Å². The molecule has 3 aromatic rings. The zero-order chi connectivity index (χ0) is 22.3. The van der Waals surface area contributed by atoms with Crippen molar-refractivity contribution in [3.8, 4) is 11.5 Å². The molecular formula is C21H23N3O5S2. The summed E-state index contributed by atoms with van der Waals surface area (Å²) < 4.78 is 40.3. The molecule has 2 heterocycles. The molecule has 10 heteroatoms. The van der Waals surface area contributed by atoms with Crippen molar-refractivity contribution in [2.24, 2.45) is 4.99 Å². The van der Waals surface area contributed by atoms with Gasteiger partial charge in [-0.05, 0) is 45.0 Å². The molecule has 0 N–H and O–H groups in total. The number of sulfonamides is 1. The summed E-state index contributed by atoms with van der Waals surface area (Å²) >= 11 is 1.39. The van der Waals surface area contributed by atoms with Crippen LogP contribution in [0.25, 0.3) is 10.2 Å². The van der Waals surface area contributed by atoms with E-state index in [1.54, 1.807) is 13.8 Å². The van der Waals surface area contributed by atoms with E-state index in [1.807, 2.05) is 23.6 Å². The second kappa shape index (κ2) is 8.10. The number of hydrogen-bond donors (Lipinski definition) is 0. The lowest BCUT2D eigenvalue weighted by molar-refractivity contribution is 0.0997. The van der Waals surface area contributed by atoms with Crippen LogP contribution in [0.4, 0.5) is 0 Å². The number of aromatic nitrogens is 1. The standard InChI is InChI=1S/C21H23N3O5S2/c1-5-24-16-10-17-18(29-12-28-17)11-19(16)30-21(24)22-20(25)14-6-8-15(9-7-14)31(26,27)23(4)13(2)3/h6-11,13H,5,12H2,1-4H3. The first-order valence-electron chi connectivity index (χ1n) is 9.82. The van der Waals surface area contributed by atoms with Crippen molar-refractivity contribution in [1.29, 1.82) is 0 Å². The summed E-state index contributed by atoms with van der Waals surface area (Å²) in [6.45, 7) is 6.41. The van der Waals surface area contributed by atoms with Crippen molar-refractivity contribution in [1.82, 2.24) is 8.87 Å². The quantitative estimate of drug-likeness (QED) is 0.582. The highest BCUT2D eigenvalue weighted by molar-refractivity contribution is 7.89. The number of hydrogen-bond acceptors (Lipinski definition) is 6. The molecule has 0 fully saturated rings. The van der Waals surface area contributed by atoms with E-state index in [9.17, 15) is 13.2 Å². The summed E-state index contributed by atoms with van der Waals surface area (Å²) in [5.74, 6) is 0.918. The Hall–Kier alpha value is -2.69. The predicted molar refractivity (Wildman–Crippen MR) is 118 cm³/mol. The molecule has 0 saturated heterocycles. The van der Waals surface area contributed by atoms with Crippen LogP contribution in [0.15, 0.2) is 46.3 Å². The molecule has 1 aromatic heterocycles. The number of aryl methyl sites for hydroxylation is 1. The maximum absolute atomic E-state index is 12.8. The van der Waals surface area contributed by atoms with Crippen LogP contribution in [0.5, 0.6) is 11.5 Å². The van der Waals surface area contributed by atoms with E-state index < -0.39 is 15.9 Å². The fourth-order valence-electron chi connectivity index (χ4n) is 3.22. The number of rotatable bonds is 5. The molecule has 0 atom stereocenters. The van der Waals surface area contributed by atoms with Gasteiger partial charge in [0, 0.05) is 37.3 Å². The highest BCUT2D eigenvalue weighted by Gasteiger charge is 2.23. The molecule has 1 aliphatic rings. The Morgan fingerprint density at radius 3 is 2.45 bits per heavy atom. The first kappa shape index (κ1) is 21.5. The highest BCUT2D eigenvalue weighted by Crippen LogP contribution is 2.37. The normalized spacial score (nSPS) is 14.2. The lowest BCUT2D eigenvalue weighted by atomic mass is 10.2. The summed E-state index contributed by atoms with van der Waals surface area (Å²) in [5.41, 5.74) is 1.24. The Balaban J connectivity index is 1.68. The number of carbonyl (C=O) groups excluding carboxylic acids is 1. The van der Waals surface area contributed by atoms with Crippen molar-refractivity contribution in [2.75, 3.05) is 13.8 Å². The van der Waals surface area contributed by atoms with Gasteiger partial charge in [0.2, 0.25) is 16.8 Å². The zero-order valence-electron chi connectivity index (χ0n) is 17.7. The van der Waals surface area contributed by atoms with Crippen LogP contribution in [0, 0.1) is 0 Å². The lowest BCUT2D eigenvalue weighted by Gasteiger charge is -2.20. The van der Waals surface area contributed by atoms with Crippen LogP contribution in [0.3, 0.4) is 0 Å². The third-order valence-corrected chi connectivity index (χ3v) is 8.28. The van der Waals surface area contributed by atoms with Crippen LogP contribution in [-0.2, 0) is 16.6 Å². The Morgan fingerprint density at radius 2 is 1.84 bits per heavy atom. The smallest absolute Gasteiger partial charge is 0.279 e. The average molecular weight is 462 g/mol. The SMILES string of the molecule is CCn1c(=NC(=O)c2ccc(S(=O)(=O)N(C)C(C)C)cc2)sc2cc3c(cc21)OCO3. The largest absolute Gasteiger partial charge is 0.454 e. The van der Waals surface area contributed by atoms with Gasteiger partial charge in [-0.25, -0.2) is 8.42 Å². The molecule has 0 aliphatic carbocycles. The minimum Gasteiger partial charge on any atom is -0.454 e. The number of ether oxygens (including phenoxy) is 2. The lowest BCUT2D eigenvalue weighted by Crippen LogP contribution is -2.33. The van der Waals surface area contributed by atoms with Crippen molar-refractivity contribution in [3.63, 3.8) is 0 Å². The van der Waals surface area contributed by atoms with Gasteiger partial charge in [-0.15, -0.1) is 0 Å². The van der Waals surface area contributed by atoms with Crippen molar-refractivity contribution >= 4 is 37.5 Å². The predicted octanol–water partition coefficient (Wildman–Crippen LogP) is 3.22. The van der Waals surface area contributed by atoms with Gasteiger partial charge in [0.1, 0.15) is 0 Å². The van der Waals surface area contributed by atoms with Crippen LogP contribution in [-0.4, -0.2) is 43.1 Å². The van der Waals surface area contributed by atoms with E-state index in [1.165, 1.54) is 47.0 Å². The van der Waals surface area contributed by atoms with Crippen LogP contribution < -0.4 is 14.3 Å². The number of benzene rings is 2. The van der Waals surface area contributed by atoms with Crippen molar-refractivity contribution < 1.29 is 22.7 Å². The second-order valence-electron chi connectivity index (χ2n) is 7.36. The number of thiazole rings is 1. The Labute approximate surface area is 184 Å². The molecule has 1 amide bonds. The fraction of sp³-hybridized carbons (Fsp3) is 0.333. The summed E-state index contributed by atoms with van der Waals surface area (Å²) in [6, 6.07) is 9.48. The third kappa shape index (κ3) is 3.86. The topological polar surface area (TPSA) is 90.2 Å². The van der Waals surface area contributed by atoms with Crippen molar-refractivity contribution in [3.05, 3.63) is 46.8 Å². The molecule has 164 valence electrons. The molecule has 0 bridgehead atoms.